The van der Waals surface area contributed by atoms with Gasteiger partial charge in [0.1, 0.15) is 24.3 Å². The van der Waals surface area contributed by atoms with E-state index in [9.17, 15) is 24.5 Å². The first-order chi connectivity index (χ1) is 12.0. The van der Waals surface area contributed by atoms with Crippen LogP contribution in [0.2, 0.25) is 0 Å². The van der Waals surface area contributed by atoms with Crippen molar-refractivity contribution in [3.05, 3.63) is 65.5 Å². The number of rotatable bonds is 7. The van der Waals surface area contributed by atoms with Crippen molar-refractivity contribution in [1.82, 2.24) is 5.32 Å². The van der Waals surface area contributed by atoms with Crippen LogP contribution in [-0.4, -0.2) is 34.1 Å². The molecule has 2 rings (SSSR count). The number of aliphatic hydroxyl groups excluding tert-OH is 2. The van der Waals surface area contributed by atoms with E-state index in [1.165, 1.54) is 0 Å². The Morgan fingerprint density at radius 2 is 1.88 bits per heavy atom. The molecule has 0 aliphatic heterocycles. The number of benzene rings is 2. The third kappa shape index (κ3) is 5.74. The number of nitrogens with one attached hydrogen (secondary N) is 1. The first-order valence-electron chi connectivity index (χ1n) is 7.76. The molecule has 0 aromatic heterocycles. The van der Waals surface area contributed by atoms with Crippen LogP contribution in [0.5, 0.6) is 5.75 Å². The number of alkyl carbamates (subject to hydrolysis) is 1. The molecule has 0 aliphatic carbocycles. The van der Waals surface area contributed by atoms with E-state index in [0.717, 1.165) is 23.8 Å². The Hall–Kier alpha value is -2.64. The van der Waals surface area contributed by atoms with E-state index >= 15 is 0 Å². The first kappa shape index (κ1) is 18.7. The van der Waals surface area contributed by atoms with Crippen LogP contribution in [0.4, 0.5) is 9.18 Å². The summed E-state index contributed by atoms with van der Waals surface area (Å²) in [5.74, 6) is -0.954. The van der Waals surface area contributed by atoms with E-state index < -0.39 is 24.1 Å². The fourth-order valence-electron chi connectivity index (χ4n) is 2.22. The monoisotopic (exact) mass is 349 g/mol. The topological polar surface area (TPSA) is 99.0 Å². The average molecular weight is 349 g/mol. The summed E-state index contributed by atoms with van der Waals surface area (Å²) in [5.41, 5.74) is 0.631. The van der Waals surface area contributed by atoms with E-state index in [0.29, 0.717) is 0 Å². The highest BCUT2D eigenvalue weighted by Gasteiger charge is 2.22. The molecule has 1 amide bonds. The largest absolute Gasteiger partial charge is 0.508 e. The minimum atomic E-state index is -1.52. The van der Waals surface area contributed by atoms with Gasteiger partial charge in [0.2, 0.25) is 0 Å². The van der Waals surface area contributed by atoms with Gasteiger partial charge in [0.15, 0.2) is 0 Å². The predicted molar refractivity (Wildman–Crippen MR) is 88.3 cm³/mol. The molecule has 0 radical (unpaired) electrons. The molecule has 2 unspecified atom stereocenters. The lowest BCUT2D eigenvalue weighted by Crippen LogP contribution is -2.30. The molecule has 0 bridgehead atoms. The molecule has 2 aromatic rings. The highest BCUT2D eigenvalue weighted by molar-refractivity contribution is 5.67. The number of phenolic OH excluding ortho intramolecular Hbond substituents is 1. The maximum absolute atomic E-state index is 13.6. The number of phenols is 1. The molecule has 134 valence electrons. The van der Waals surface area contributed by atoms with Crippen molar-refractivity contribution in [2.75, 3.05) is 6.54 Å². The molecule has 0 heterocycles. The second-order valence-electron chi connectivity index (χ2n) is 5.50. The maximum atomic E-state index is 13.6. The van der Waals surface area contributed by atoms with E-state index in [4.69, 9.17) is 4.74 Å². The number of aromatic hydroxyl groups is 1. The molecule has 0 saturated heterocycles. The Morgan fingerprint density at radius 3 is 2.60 bits per heavy atom. The Bertz CT molecular complexity index is 695. The Labute approximate surface area is 144 Å². The lowest BCUT2D eigenvalue weighted by atomic mass is 10.0. The Kier molecular flexibility index (Phi) is 6.73. The van der Waals surface area contributed by atoms with Crippen molar-refractivity contribution >= 4 is 6.09 Å². The van der Waals surface area contributed by atoms with Gasteiger partial charge >= 0.3 is 6.09 Å². The average Bonchev–Trinajstić information content (AvgIpc) is 2.62. The molecule has 6 nitrogen and oxygen atoms in total. The number of hydrogen-bond donors (Lipinski definition) is 4. The van der Waals surface area contributed by atoms with Gasteiger partial charge in [-0.15, -0.1) is 0 Å². The van der Waals surface area contributed by atoms with Crippen molar-refractivity contribution in [2.24, 2.45) is 0 Å². The molecule has 0 saturated carbocycles. The van der Waals surface area contributed by atoms with Crippen LogP contribution in [0.25, 0.3) is 0 Å². The van der Waals surface area contributed by atoms with Crippen LogP contribution < -0.4 is 5.32 Å². The SMILES string of the molecule is O=C(NCCC(O)C(O)c1cc(O)ccc1F)OCc1ccccc1. The van der Waals surface area contributed by atoms with Crippen LogP contribution in [0.3, 0.4) is 0 Å². The third-order valence-electron chi connectivity index (χ3n) is 3.58. The van der Waals surface area contributed by atoms with Crippen LogP contribution in [0, 0.1) is 5.82 Å². The zero-order chi connectivity index (χ0) is 18.2. The second kappa shape index (κ2) is 9.00. The minimum Gasteiger partial charge on any atom is -0.508 e. The van der Waals surface area contributed by atoms with Crippen molar-refractivity contribution in [3.8, 4) is 5.75 Å². The number of halogens is 1. The molecule has 4 N–H and O–H groups in total. The second-order valence-corrected chi connectivity index (χ2v) is 5.50. The summed E-state index contributed by atoms with van der Waals surface area (Å²) in [4.78, 5) is 11.6. The summed E-state index contributed by atoms with van der Waals surface area (Å²) < 4.78 is 18.6. The fourth-order valence-corrected chi connectivity index (χ4v) is 2.22. The molecule has 2 aromatic carbocycles. The fraction of sp³-hybridized carbons (Fsp3) is 0.278. The Balaban J connectivity index is 1.75. The quantitative estimate of drug-likeness (QED) is 0.614. The van der Waals surface area contributed by atoms with Gasteiger partial charge in [0.05, 0.1) is 6.10 Å². The smallest absolute Gasteiger partial charge is 0.407 e. The predicted octanol–water partition coefficient (Wildman–Crippen LogP) is 2.24. The zero-order valence-corrected chi connectivity index (χ0v) is 13.4. The molecule has 25 heavy (non-hydrogen) atoms. The van der Waals surface area contributed by atoms with E-state index in [-0.39, 0.29) is 30.9 Å². The molecule has 2 atom stereocenters. The number of amides is 1. The third-order valence-corrected chi connectivity index (χ3v) is 3.58. The zero-order valence-electron chi connectivity index (χ0n) is 13.4. The summed E-state index contributed by atoms with van der Waals surface area (Å²) in [6, 6.07) is 12.3. The van der Waals surface area contributed by atoms with Gasteiger partial charge in [0.25, 0.3) is 0 Å². The number of hydrogen-bond acceptors (Lipinski definition) is 5. The summed E-state index contributed by atoms with van der Waals surface area (Å²) in [6.07, 6.45) is -3.51. The summed E-state index contributed by atoms with van der Waals surface area (Å²) in [5, 5.41) is 31.7. The van der Waals surface area contributed by atoms with Gasteiger partial charge < -0.3 is 25.4 Å². The van der Waals surface area contributed by atoms with Crippen LogP contribution >= 0.6 is 0 Å². The molecule has 7 heteroatoms. The highest BCUT2D eigenvalue weighted by Crippen LogP contribution is 2.25. The molecule has 0 fully saturated rings. The van der Waals surface area contributed by atoms with E-state index in [1.807, 2.05) is 30.3 Å². The molecule has 0 aliphatic rings. The summed E-state index contributed by atoms with van der Waals surface area (Å²) in [6.45, 7) is 0.151. The van der Waals surface area contributed by atoms with Gasteiger partial charge in [-0.1, -0.05) is 30.3 Å². The standard InChI is InChI=1S/C18H20FNO5/c19-15-7-6-13(21)10-14(15)17(23)16(22)8-9-20-18(24)25-11-12-4-2-1-3-5-12/h1-7,10,16-17,21-23H,8-9,11H2,(H,20,24). The van der Waals surface area contributed by atoms with Crippen molar-refractivity contribution in [3.63, 3.8) is 0 Å². The lowest BCUT2D eigenvalue weighted by Gasteiger charge is -2.19. The van der Waals surface area contributed by atoms with Gasteiger partial charge in [-0.05, 0) is 30.2 Å². The van der Waals surface area contributed by atoms with Crippen LogP contribution in [-0.2, 0) is 11.3 Å². The summed E-state index contributed by atoms with van der Waals surface area (Å²) >= 11 is 0. The van der Waals surface area contributed by atoms with E-state index in [2.05, 4.69) is 5.32 Å². The summed E-state index contributed by atoms with van der Waals surface area (Å²) in [7, 11) is 0. The normalized spacial score (nSPS) is 13.1. The van der Waals surface area contributed by atoms with Gasteiger partial charge in [0, 0.05) is 12.1 Å². The highest BCUT2D eigenvalue weighted by atomic mass is 19.1. The number of ether oxygens (including phenoxy) is 1. The van der Waals surface area contributed by atoms with Crippen molar-refractivity contribution in [2.45, 2.75) is 25.2 Å². The number of carbonyl (C=O) groups excluding carboxylic acids is 1. The molecular formula is C18H20FNO5. The van der Waals surface area contributed by atoms with Crippen LogP contribution in [0.1, 0.15) is 23.7 Å². The Morgan fingerprint density at radius 1 is 1.16 bits per heavy atom. The van der Waals surface area contributed by atoms with Crippen molar-refractivity contribution < 1.29 is 29.2 Å². The van der Waals surface area contributed by atoms with E-state index in [1.54, 1.807) is 0 Å². The first-order valence-corrected chi connectivity index (χ1v) is 7.76. The van der Waals surface area contributed by atoms with Gasteiger partial charge in [-0.2, -0.15) is 0 Å². The van der Waals surface area contributed by atoms with Crippen molar-refractivity contribution in [1.29, 1.82) is 0 Å². The lowest BCUT2D eigenvalue weighted by molar-refractivity contribution is 0.0115. The molecule has 0 spiro atoms. The maximum Gasteiger partial charge on any atom is 0.407 e. The van der Waals surface area contributed by atoms with Gasteiger partial charge in [-0.25, -0.2) is 9.18 Å². The van der Waals surface area contributed by atoms with Crippen LogP contribution in [0.15, 0.2) is 48.5 Å². The number of aliphatic hydroxyl groups is 2. The van der Waals surface area contributed by atoms with Gasteiger partial charge in [-0.3, -0.25) is 0 Å². The number of carbonyl (C=O) groups is 1. The minimum absolute atomic E-state index is 0.0172. The molecular weight excluding hydrogens is 329 g/mol.